The maximum Gasteiger partial charge on any atom is 0.221 e. The van der Waals surface area contributed by atoms with Crippen molar-refractivity contribution in [3.05, 3.63) is 18.5 Å². The summed E-state index contributed by atoms with van der Waals surface area (Å²) < 4.78 is 7.31. The van der Waals surface area contributed by atoms with Gasteiger partial charge in [-0.1, -0.05) is 19.3 Å². The van der Waals surface area contributed by atoms with Crippen LogP contribution in [0.3, 0.4) is 0 Å². The summed E-state index contributed by atoms with van der Waals surface area (Å²) in [6.45, 7) is 5.02. The third-order valence-electron chi connectivity index (χ3n) is 5.21. The molecule has 0 bridgehead atoms. The molecule has 0 radical (unpaired) electrons. The lowest BCUT2D eigenvalue weighted by atomic mass is 9.79. The summed E-state index contributed by atoms with van der Waals surface area (Å²) in [4.78, 5) is 14.8. The maximum atomic E-state index is 12.2. The summed E-state index contributed by atoms with van der Waals surface area (Å²) in [7, 11) is 0. The number of aryl methyl sites for hydroxylation is 1. The van der Waals surface area contributed by atoms with E-state index in [1.807, 2.05) is 12.3 Å². The standard InChI is InChI=1S/C17H28N4O2/c22-16(5-10-21-9-4-8-19-21)18-15-17(6-2-1-3-7-17)20-11-13-23-14-12-20/h4,8-9H,1-3,5-7,10-15H2,(H,18,22). The van der Waals surface area contributed by atoms with Crippen LogP contribution >= 0.6 is 0 Å². The molecule has 3 rings (SSSR count). The van der Waals surface area contributed by atoms with Crippen LogP contribution in [0.4, 0.5) is 0 Å². The van der Waals surface area contributed by atoms with Gasteiger partial charge in [0.25, 0.3) is 0 Å². The first kappa shape index (κ1) is 16.5. The smallest absolute Gasteiger partial charge is 0.221 e. The average molecular weight is 320 g/mol. The Balaban J connectivity index is 1.52. The monoisotopic (exact) mass is 320 g/mol. The van der Waals surface area contributed by atoms with E-state index in [2.05, 4.69) is 15.3 Å². The van der Waals surface area contributed by atoms with Gasteiger partial charge in [0, 0.05) is 50.5 Å². The van der Waals surface area contributed by atoms with E-state index < -0.39 is 0 Å². The molecule has 1 amide bonds. The quantitative estimate of drug-likeness (QED) is 0.861. The summed E-state index contributed by atoms with van der Waals surface area (Å²) in [5.41, 5.74) is 0.142. The number of carbonyl (C=O) groups excluding carboxylic acids is 1. The molecule has 1 N–H and O–H groups in total. The van der Waals surface area contributed by atoms with Crippen molar-refractivity contribution in [2.45, 2.75) is 50.6 Å². The largest absolute Gasteiger partial charge is 0.379 e. The molecule has 0 aromatic carbocycles. The highest BCUT2D eigenvalue weighted by Crippen LogP contribution is 2.33. The fourth-order valence-electron chi connectivity index (χ4n) is 3.85. The van der Waals surface area contributed by atoms with Crippen molar-refractivity contribution in [2.24, 2.45) is 0 Å². The van der Waals surface area contributed by atoms with Gasteiger partial charge in [0.15, 0.2) is 0 Å². The molecule has 2 fully saturated rings. The van der Waals surface area contributed by atoms with Crippen molar-refractivity contribution < 1.29 is 9.53 Å². The average Bonchev–Trinajstić information content (AvgIpc) is 3.13. The summed E-state index contributed by atoms with van der Waals surface area (Å²) in [5, 5.41) is 7.33. The number of carbonyl (C=O) groups is 1. The van der Waals surface area contributed by atoms with Crippen LogP contribution in [0.25, 0.3) is 0 Å². The number of nitrogens with zero attached hydrogens (tertiary/aromatic N) is 3. The molecule has 1 aliphatic heterocycles. The van der Waals surface area contributed by atoms with Crippen molar-refractivity contribution in [1.29, 1.82) is 0 Å². The van der Waals surface area contributed by atoms with Crippen molar-refractivity contribution in [3.8, 4) is 0 Å². The Hall–Kier alpha value is -1.40. The van der Waals surface area contributed by atoms with E-state index in [-0.39, 0.29) is 11.4 Å². The van der Waals surface area contributed by atoms with Gasteiger partial charge in [-0.05, 0) is 18.9 Å². The van der Waals surface area contributed by atoms with Crippen LogP contribution in [0.2, 0.25) is 0 Å². The minimum atomic E-state index is 0.124. The fourth-order valence-corrected chi connectivity index (χ4v) is 3.85. The van der Waals surface area contributed by atoms with Crippen molar-refractivity contribution in [2.75, 3.05) is 32.8 Å². The van der Waals surface area contributed by atoms with Crippen molar-refractivity contribution in [1.82, 2.24) is 20.0 Å². The molecule has 0 atom stereocenters. The lowest BCUT2D eigenvalue weighted by molar-refractivity contribution is -0.122. The van der Waals surface area contributed by atoms with Crippen LogP contribution in [0.1, 0.15) is 38.5 Å². The Bertz CT molecular complexity index is 477. The number of rotatable bonds is 6. The molecule has 2 aliphatic rings. The Morgan fingerprint density at radius 3 is 2.70 bits per heavy atom. The topological polar surface area (TPSA) is 59.4 Å². The third kappa shape index (κ3) is 4.32. The fraction of sp³-hybridized carbons (Fsp3) is 0.765. The molecule has 23 heavy (non-hydrogen) atoms. The van der Waals surface area contributed by atoms with Gasteiger partial charge >= 0.3 is 0 Å². The molecule has 6 nitrogen and oxygen atoms in total. The van der Waals surface area contributed by atoms with Gasteiger partial charge in [0.1, 0.15) is 0 Å². The molecular formula is C17H28N4O2. The lowest BCUT2D eigenvalue weighted by Crippen LogP contribution is -2.59. The highest BCUT2D eigenvalue weighted by molar-refractivity contribution is 5.75. The van der Waals surface area contributed by atoms with E-state index in [1.165, 1.54) is 32.1 Å². The maximum absolute atomic E-state index is 12.2. The number of hydrogen-bond acceptors (Lipinski definition) is 4. The van der Waals surface area contributed by atoms with Gasteiger partial charge in [-0.3, -0.25) is 14.4 Å². The van der Waals surface area contributed by atoms with E-state index in [1.54, 1.807) is 10.9 Å². The molecule has 1 saturated carbocycles. The predicted octanol–water partition coefficient (Wildman–Crippen LogP) is 1.42. The van der Waals surface area contributed by atoms with E-state index in [4.69, 9.17) is 4.74 Å². The second-order valence-corrected chi connectivity index (χ2v) is 6.68. The predicted molar refractivity (Wildman–Crippen MR) is 88.1 cm³/mol. The summed E-state index contributed by atoms with van der Waals surface area (Å²) >= 11 is 0. The Labute approximate surface area is 138 Å². The zero-order chi connectivity index (χ0) is 16.0. The SMILES string of the molecule is O=C(CCn1cccn1)NCC1(N2CCOCC2)CCCCC1. The molecule has 0 unspecified atom stereocenters. The van der Waals surface area contributed by atoms with Gasteiger partial charge < -0.3 is 10.1 Å². The second-order valence-electron chi connectivity index (χ2n) is 6.68. The summed E-state index contributed by atoms with van der Waals surface area (Å²) in [5.74, 6) is 0.124. The highest BCUT2D eigenvalue weighted by Gasteiger charge is 2.38. The van der Waals surface area contributed by atoms with E-state index in [0.29, 0.717) is 13.0 Å². The molecule has 1 aromatic rings. The van der Waals surface area contributed by atoms with Crippen LogP contribution in [-0.2, 0) is 16.1 Å². The van der Waals surface area contributed by atoms with E-state index >= 15 is 0 Å². The summed E-state index contributed by atoms with van der Waals surface area (Å²) in [6.07, 6.45) is 10.3. The number of morpholine rings is 1. The molecule has 128 valence electrons. The zero-order valence-electron chi connectivity index (χ0n) is 13.9. The zero-order valence-corrected chi connectivity index (χ0v) is 13.9. The van der Waals surface area contributed by atoms with Gasteiger partial charge in [-0.25, -0.2) is 0 Å². The molecule has 1 aromatic heterocycles. The van der Waals surface area contributed by atoms with E-state index in [0.717, 1.165) is 32.8 Å². The number of hydrogen-bond donors (Lipinski definition) is 1. The number of ether oxygens (including phenoxy) is 1. The van der Waals surface area contributed by atoms with E-state index in [9.17, 15) is 4.79 Å². The first-order valence-corrected chi connectivity index (χ1v) is 8.85. The molecule has 1 aliphatic carbocycles. The molecular weight excluding hydrogens is 292 g/mol. The van der Waals surface area contributed by atoms with Gasteiger partial charge in [-0.2, -0.15) is 5.10 Å². The van der Waals surface area contributed by atoms with Crippen LogP contribution in [0.5, 0.6) is 0 Å². The highest BCUT2D eigenvalue weighted by atomic mass is 16.5. The molecule has 2 heterocycles. The minimum Gasteiger partial charge on any atom is -0.379 e. The first-order valence-electron chi connectivity index (χ1n) is 8.85. The Morgan fingerprint density at radius 1 is 1.22 bits per heavy atom. The summed E-state index contributed by atoms with van der Waals surface area (Å²) in [6, 6.07) is 1.88. The van der Waals surface area contributed by atoms with Gasteiger partial charge in [0.2, 0.25) is 5.91 Å². The van der Waals surface area contributed by atoms with Gasteiger partial charge in [0.05, 0.1) is 13.2 Å². The normalized spacial score (nSPS) is 21.9. The number of amides is 1. The number of nitrogens with one attached hydrogen (secondary N) is 1. The number of aromatic nitrogens is 2. The van der Waals surface area contributed by atoms with Crippen LogP contribution in [0.15, 0.2) is 18.5 Å². The van der Waals surface area contributed by atoms with Gasteiger partial charge in [-0.15, -0.1) is 0 Å². The Morgan fingerprint density at radius 2 is 2.00 bits per heavy atom. The molecule has 0 spiro atoms. The van der Waals surface area contributed by atoms with Crippen LogP contribution in [0, 0.1) is 0 Å². The van der Waals surface area contributed by atoms with Crippen LogP contribution < -0.4 is 5.32 Å². The van der Waals surface area contributed by atoms with Crippen molar-refractivity contribution >= 4 is 5.91 Å². The third-order valence-corrected chi connectivity index (χ3v) is 5.21. The molecule has 1 saturated heterocycles. The first-order chi connectivity index (χ1) is 11.3. The van der Waals surface area contributed by atoms with Crippen molar-refractivity contribution in [3.63, 3.8) is 0 Å². The minimum absolute atomic E-state index is 0.124. The molecule has 6 heteroatoms. The Kier molecular flexibility index (Phi) is 5.67. The second kappa shape index (κ2) is 7.93. The van der Waals surface area contributed by atoms with Crippen LogP contribution in [-0.4, -0.2) is 59.0 Å². The lowest BCUT2D eigenvalue weighted by Gasteiger charge is -2.48.